The monoisotopic (exact) mass is 194 g/mol. The van der Waals surface area contributed by atoms with Crippen LogP contribution in [0.3, 0.4) is 0 Å². The van der Waals surface area contributed by atoms with Crippen LogP contribution in [-0.4, -0.2) is 34.8 Å². The molecule has 0 saturated carbocycles. The van der Waals surface area contributed by atoms with Crippen LogP contribution >= 0.6 is 0 Å². The van der Waals surface area contributed by atoms with E-state index in [4.69, 9.17) is 10.8 Å². The van der Waals surface area contributed by atoms with E-state index in [1.165, 1.54) is 0 Å². The van der Waals surface area contributed by atoms with E-state index in [1.807, 2.05) is 0 Å². The van der Waals surface area contributed by atoms with Crippen molar-refractivity contribution in [1.82, 2.24) is 9.97 Å². The SMILES string of the molecule is Nc1nccnc1N1CC[C@@H](CO)C1. The molecule has 5 nitrogen and oxygen atoms in total. The summed E-state index contributed by atoms with van der Waals surface area (Å²) in [6.45, 7) is 1.95. The first kappa shape index (κ1) is 9.21. The zero-order valence-electron chi connectivity index (χ0n) is 7.93. The van der Waals surface area contributed by atoms with Crippen LogP contribution in [0.25, 0.3) is 0 Å². The van der Waals surface area contributed by atoms with Gasteiger partial charge in [-0.1, -0.05) is 0 Å². The Bertz CT molecular complexity index is 317. The van der Waals surface area contributed by atoms with Gasteiger partial charge in [-0.15, -0.1) is 0 Å². The Morgan fingerprint density at radius 1 is 1.50 bits per heavy atom. The highest BCUT2D eigenvalue weighted by Crippen LogP contribution is 2.24. The van der Waals surface area contributed by atoms with Gasteiger partial charge in [0.2, 0.25) is 0 Å². The molecule has 0 bridgehead atoms. The summed E-state index contributed by atoms with van der Waals surface area (Å²) in [6.07, 6.45) is 4.21. The molecule has 5 heteroatoms. The van der Waals surface area contributed by atoms with Gasteiger partial charge in [0, 0.05) is 38.0 Å². The fourth-order valence-electron chi connectivity index (χ4n) is 1.76. The number of rotatable bonds is 2. The second kappa shape index (κ2) is 3.79. The number of aromatic nitrogens is 2. The summed E-state index contributed by atoms with van der Waals surface area (Å²) in [7, 11) is 0. The van der Waals surface area contributed by atoms with E-state index in [-0.39, 0.29) is 6.61 Å². The van der Waals surface area contributed by atoms with E-state index in [1.54, 1.807) is 12.4 Å². The highest BCUT2D eigenvalue weighted by molar-refractivity contribution is 5.57. The number of anilines is 2. The molecule has 0 aliphatic carbocycles. The Labute approximate surface area is 82.6 Å². The summed E-state index contributed by atoms with van der Waals surface area (Å²) < 4.78 is 0. The average molecular weight is 194 g/mol. The van der Waals surface area contributed by atoms with Crippen molar-refractivity contribution in [2.24, 2.45) is 5.92 Å². The second-order valence-corrected chi connectivity index (χ2v) is 3.55. The van der Waals surface area contributed by atoms with E-state index in [2.05, 4.69) is 14.9 Å². The van der Waals surface area contributed by atoms with Gasteiger partial charge in [0.15, 0.2) is 11.6 Å². The van der Waals surface area contributed by atoms with Gasteiger partial charge in [-0.05, 0) is 6.42 Å². The third-order valence-electron chi connectivity index (χ3n) is 2.55. The van der Waals surface area contributed by atoms with Crippen LogP contribution in [0.15, 0.2) is 12.4 Å². The number of nitrogens with two attached hydrogens (primary N) is 1. The molecule has 76 valence electrons. The lowest BCUT2D eigenvalue weighted by Crippen LogP contribution is -2.23. The Balaban J connectivity index is 2.13. The maximum atomic E-state index is 9.01. The topological polar surface area (TPSA) is 75.3 Å². The summed E-state index contributed by atoms with van der Waals surface area (Å²) in [6, 6.07) is 0. The standard InChI is InChI=1S/C9H14N4O/c10-8-9(12-3-2-11-8)13-4-1-7(5-13)6-14/h2-3,7,14H,1,4-6H2,(H2,10,11)/t7-/m1/s1. The number of hydrogen-bond donors (Lipinski definition) is 2. The Hall–Kier alpha value is -1.36. The van der Waals surface area contributed by atoms with E-state index in [0.717, 1.165) is 25.3 Å². The normalized spacial score (nSPS) is 21.5. The first-order valence-corrected chi connectivity index (χ1v) is 4.73. The smallest absolute Gasteiger partial charge is 0.171 e. The molecule has 0 radical (unpaired) electrons. The number of hydrogen-bond acceptors (Lipinski definition) is 5. The first-order valence-electron chi connectivity index (χ1n) is 4.73. The summed E-state index contributed by atoms with van der Waals surface area (Å²) in [5.74, 6) is 1.55. The van der Waals surface area contributed by atoms with Gasteiger partial charge in [-0.25, -0.2) is 9.97 Å². The van der Waals surface area contributed by atoms with Crippen molar-refractivity contribution in [3.05, 3.63) is 12.4 Å². The average Bonchev–Trinajstić information content (AvgIpc) is 2.67. The third kappa shape index (κ3) is 1.63. The van der Waals surface area contributed by atoms with Gasteiger partial charge >= 0.3 is 0 Å². The molecule has 1 fully saturated rings. The lowest BCUT2D eigenvalue weighted by molar-refractivity contribution is 0.238. The molecular formula is C9H14N4O. The zero-order chi connectivity index (χ0) is 9.97. The van der Waals surface area contributed by atoms with E-state index < -0.39 is 0 Å². The molecule has 14 heavy (non-hydrogen) atoms. The van der Waals surface area contributed by atoms with Gasteiger partial charge in [0.25, 0.3) is 0 Å². The van der Waals surface area contributed by atoms with Crippen LogP contribution in [0, 0.1) is 5.92 Å². The van der Waals surface area contributed by atoms with E-state index in [0.29, 0.717) is 11.7 Å². The van der Waals surface area contributed by atoms with Crippen LogP contribution in [0.2, 0.25) is 0 Å². The summed E-state index contributed by atoms with van der Waals surface area (Å²) in [4.78, 5) is 10.2. The Morgan fingerprint density at radius 3 is 2.93 bits per heavy atom. The Morgan fingerprint density at radius 2 is 2.29 bits per heavy atom. The molecule has 1 aromatic heterocycles. The largest absolute Gasteiger partial charge is 0.396 e. The summed E-state index contributed by atoms with van der Waals surface area (Å²) in [5.41, 5.74) is 5.71. The van der Waals surface area contributed by atoms with Crippen molar-refractivity contribution < 1.29 is 5.11 Å². The molecule has 2 heterocycles. The van der Waals surface area contributed by atoms with Crippen molar-refractivity contribution in [1.29, 1.82) is 0 Å². The molecule has 0 unspecified atom stereocenters. The molecule has 0 amide bonds. The lowest BCUT2D eigenvalue weighted by Gasteiger charge is -2.17. The number of nitrogens with zero attached hydrogens (tertiary/aromatic N) is 3. The minimum atomic E-state index is 0.233. The molecule has 3 N–H and O–H groups in total. The summed E-state index contributed by atoms with van der Waals surface area (Å²) in [5, 5.41) is 9.01. The maximum Gasteiger partial charge on any atom is 0.171 e. The van der Waals surface area contributed by atoms with Gasteiger partial charge in [-0.2, -0.15) is 0 Å². The molecule has 2 rings (SSSR count). The van der Waals surface area contributed by atoms with Crippen LogP contribution in [0.1, 0.15) is 6.42 Å². The number of aliphatic hydroxyl groups excluding tert-OH is 1. The summed E-state index contributed by atoms with van der Waals surface area (Å²) >= 11 is 0. The van der Waals surface area contributed by atoms with E-state index in [9.17, 15) is 0 Å². The predicted octanol–water partition coefficient (Wildman–Crippen LogP) is -0.123. The van der Waals surface area contributed by atoms with Gasteiger partial charge < -0.3 is 15.7 Å². The molecule has 1 aliphatic rings. The molecule has 1 aliphatic heterocycles. The minimum absolute atomic E-state index is 0.233. The first-order chi connectivity index (χ1) is 6.81. The molecule has 1 aromatic rings. The van der Waals surface area contributed by atoms with Gasteiger partial charge in [0.05, 0.1) is 0 Å². The van der Waals surface area contributed by atoms with Crippen molar-refractivity contribution in [2.75, 3.05) is 30.3 Å². The van der Waals surface area contributed by atoms with Crippen LogP contribution in [-0.2, 0) is 0 Å². The molecule has 0 aromatic carbocycles. The molecule has 1 saturated heterocycles. The zero-order valence-corrected chi connectivity index (χ0v) is 7.93. The van der Waals surface area contributed by atoms with Crippen LogP contribution in [0.5, 0.6) is 0 Å². The third-order valence-corrected chi connectivity index (χ3v) is 2.55. The number of aliphatic hydroxyl groups is 1. The second-order valence-electron chi connectivity index (χ2n) is 3.55. The Kier molecular flexibility index (Phi) is 2.49. The van der Waals surface area contributed by atoms with Crippen molar-refractivity contribution in [3.8, 4) is 0 Å². The lowest BCUT2D eigenvalue weighted by atomic mass is 10.1. The highest BCUT2D eigenvalue weighted by Gasteiger charge is 2.24. The predicted molar refractivity (Wildman–Crippen MR) is 53.9 cm³/mol. The maximum absolute atomic E-state index is 9.01. The highest BCUT2D eigenvalue weighted by atomic mass is 16.3. The van der Waals surface area contributed by atoms with E-state index >= 15 is 0 Å². The fourth-order valence-corrected chi connectivity index (χ4v) is 1.76. The van der Waals surface area contributed by atoms with Crippen LogP contribution < -0.4 is 10.6 Å². The van der Waals surface area contributed by atoms with Gasteiger partial charge in [-0.3, -0.25) is 0 Å². The molecule has 0 spiro atoms. The van der Waals surface area contributed by atoms with Crippen molar-refractivity contribution >= 4 is 11.6 Å². The molecular weight excluding hydrogens is 180 g/mol. The quantitative estimate of drug-likeness (QED) is 0.686. The van der Waals surface area contributed by atoms with Crippen molar-refractivity contribution in [2.45, 2.75) is 6.42 Å². The minimum Gasteiger partial charge on any atom is -0.396 e. The fraction of sp³-hybridized carbons (Fsp3) is 0.556. The number of nitrogen functional groups attached to an aromatic ring is 1. The van der Waals surface area contributed by atoms with Crippen molar-refractivity contribution in [3.63, 3.8) is 0 Å². The van der Waals surface area contributed by atoms with Crippen LogP contribution in [0.4, 0.5) is 11.6 Å². The van der Waals surface area contributed by atoms with Gasteiger partial charge in [0.1, 0.15) is 0 Å². The molecule has 1 atom stereocenters.